The highest BCUT2D eigenvalue weighted by Crippen LogP contribution is 2.26. The zero-order chi connectivity index (χ0) is 20.8. The highest BCUT2D eigenvalue weighted by molar-refractivity contribution is 5.84. The molecule has 2 aromatic heterocycles. The number of H-pyrrole nitrogens is 2. The van der Waals surface area contributed by atoms with Gasteiger partial charge in [-0.3, -0.25) is 14.7 Å². The lowest BCUT2D eigenvalue weighted by Gasteiger charge is -2.33. The fraction of sp³-hybridized carbons (Fsp3) is 0.478. The van der Waals surface area contributed by atoms with Gasteiger partial charge < -0.3 is 9.88 Å². The van der Waals surface area contributed by atoms with Gasteiger partial charge in [-0.2, -0.15) is 0 Å². The normalized spacial score (nSPS) is 20.0. The lowest BCUT2D eigenvalue weighted by atomic mass is 10.0. The Kier molecular flexibility index (Phi) is 4.85. The molecule has 2 aliphatic rings. The van der Waals surface area contributed by atoms with Crippen LogP contribution in [-0.4, -0.2) is 39.5 Å². The smallest absolute Gasteiger partial charge is 0.255 e. The topological polar surface area (TPSA) is 68.0 Å². The molecule has 1 saturated heterocycles. The zero-order valence-corrected chi connectivity index (χ0v) is 17.6. The summed E-state index contributed by atoms with van der Waals surface area (Å²) < 4.78 is 13.6. The van der Waals surface area contributed by atoms with Gasteiger partial charge in [0.2, 0.25) is 5.95 Å². The lowest BCUT2D eigenvalue weighted by Crippen LogP contribution is -2.39. The van der Waals surface area contributed by atoms with Crippen LogP contribution in [0.1, 0.15) is 42.3 Å². The van der Waals surface area contributed by atoms with E-state index in [4.69, 9.17) is 4.98 Å². The first-order chi connectivity index (χ1) is 14.5. The predicted molar refractivity (Wildman–Crippen MR) is 116 cm³/mol. The van der Waals surface area contributed by atoms with Crippen molar-refractivity contribution < 1.29 is 4.39 Å². The monoisotopic (exact) mass is 409 g/mol. The predicted octanol–water partition coefficient (Wildman–Crippen LogP) is 3.49. The number of rotatable bonds is 3. The number of halogens is 1. The standard InChI is InChI=1S/C23H28FN5O/c1-14-4-3-8-29(11-14)23-26-21-13-28(9-7-17(21)22(30)27-23)12-20-15(2)18-10-16(24)5-6-19(18)25-20/h5-6,10,14,25H,3-4,7-9,11-13H2,1-2H3,(H,26,27,30)/t14-/m1/s1. The molecule has 1 fully saturated rings. The summed E-state index contributed by atoms with van der Waals surface area (Å²) in [5.41, 5.74) is 4.84. The van der Waals surface area contributed by atoms with Crippen molar-refractivity contribution in [3.63, 3.8) is 0 Å². The molecule has 0 bridgehead atoms. The van der Waals surface area contributed by atoms with E-state index in [-0.39, 0.29) is 11.4 Å². The molecule has 4 heterocycles. The minimum Gasteiger partial charge on any atom is -0.357 e. The van der Waals surface area contributed by atoms with Gasteiger partial charge in [0, 0.05) is 54.9 Å². The molecule has 1 atom stereocenters. The number of piperidine rings is 1. The number of fused-ring (bicyclic) bond motifs is 2. The maximum absolute atomic E-state index is 13.6. The Morgan fingerprint density at radius 2 is 2.13 bits per heavy atom. The Bertz CT molecular complexity index is 1150. The molecule has 2 aliphatic heterocycles. The first kappa shape index (κ1) is 19.3. The van der Waals surface area contributed by atoms with E-state index < -0.39 is 0 Å². The molecule has 5 rings (SSSR count). The van der Waals surface area contributed by atoms with Crippen molar-refractivity contribution in [1.82, 2.24) is 19.9 Å². The second-order valence-corrected chi connectivity index (χ2v) is 8.89. The molecule has 0 saturated carbocycles. The molecule has 30 heavy (non-hydrogen) atoms. The van der Waals surface area contributed by atoms with E-state index in [0.29, 0.717) is 24.8 Å². The molecule has 7 heteroatoms. The number of anilines is 1. The number of nitrogens with zero attached hydrogens (tertiary/aromatic N) is 3. The van der Waals surface area contributed by atoms with Crippen LogP contribution in [0.15, 0.2) is 23.0 Å². The summed E-state index contributed by atoms with van der Waals surface area (Å²) >= 11 is 0. The number of aryl methyl sites for hydroxylation is 1. The van der Waals surface area contributed by atoms with Crippen LogP contribution in [0.25, 0.3) is 10.9 Å². The average molecular weight is 410 g/mol. The molecule has 3 aromatic rings. The van der Waals surface area contributed by atoms with E-state index in [0.717, 1.165) is 66.0 Å². The van der Waals surface area contributed by atoms with Crippen molar-refractivity contribution in [2.75, 3.05) is 24.5 Å². The molecule has 158 valence electrons. The number of nitrogens with one attached hydrogen (secondary N) is 2. The molecule has 0 unspecified atom stereocenters. The Morgan fingerprint density at radius 1 is 1.27 bits per heavy atom. The van der Waals surface area contributed by atoms with Crippen molar-refractivity contribution in [1.29, 1.82) is 0 Å². The van der Waals surface area contributed by atoms with Crippen molar-refractivity contribution in [2.24, 2.45) is 5.92 Å². The second-order valence-electron chi connectivity index (χ2n) is 8.89. The second kappa shape index (κ2) is 7.54. The summed E-state index contributed by atoms with van der Waals surface area (Å²) in [6, 6.07) is 4.86. The van der Waals surface area contributed by atoms with E-state index in [2.05, 4.69) is 26.7 Å². The number of aromatic nitrogens is 3. The Hall–Kier alpha value is -2.67. The van der Waals surface area contributed by atoms with Gasteiger partial charge in [0.1, 0.15) is 5.82 Å². The van der Waals surface area contributed by atoms with Crippen LogP contribution in [0.3, 0.4) is 0 Å². The summed E-state index contributed by atoms with van der Waals surface area (Å²) in [7, 11) is 0. The van der Waals surface area contributed by atoms with Gasteiger partial charge in [-0.1, -0.05) is 6.92 Å². The van der Waals surface area contributed by atoms with E-state index in [9.17, 15) is 9.18 Å². The van der Waals surface area contributed by atoms with Gasteiger partial charge in [0.15, 0.2) is 0 Å². The van der Waals surface area contributed by atoms with Crippen molar-refractivity contribution in [3.8, 4) is 0 Å². The fourth-order valence-corrected chi connectivity index (χ4v) is 4.88. The number of hydrogen-bond donors (Lipinski definition) is 2. The van der Waals surface area contributed by atoms with E-state index in [1.807, 2.05) is 6.92 Å². The molecule has 1 aromatic carbocycles. The summed E-state index contributed by atoms with van der Waals surface area (Å²) in [5, 5.41) is 0.929. The highest BCUT2D eigenvalue weighted by atomic mass is 19.1. The van der Waals surface area contributed by atoms with Crippen LogP contribution < -0.4 is 10.5 Å². The van der Waals surface area contributed by atoms with Crippen LogP contribution in [-0.2, 0) is 19.5 Å². The third-order valence-corrected chi connectivity index (χ3v) is 6.60. The Labute approximate surface area is 175 Å². The first-order valence-corrected chi connectivity index (χ1v) is 10.8. The fourth-order valence-electron chi connectivity index (χ4n) is 4.88. The van der Waals surface area contributed by atoms with Gasteiger partial charge in [0.05, 0.1) is 5.69 Å². The van der Waals surface area contributed by atoms with Gasteiger partial charge in [0.25, 0.3) is 5.56 Å². The van der Waals surface area contributed by atoms with Crippen molar-refractivity contribution in [3.05, 3.63) is 56.9 Å². The third-order valence-electron chi connectivity index (χ3n) is 6.60. The maximum Gasteiger partial charge on any atom is 0.255 e. The van der Waals surface area contributed by atoms with Gasteiger partial charge >= 0.3 is 0 Å². The summed E-state index contributed by atoms with van der Waals surface area (Å²) in [4.78, 5) is 28.5. The summed E-state index contributed by atoms with van der Waals surface area (Å²) in [5.74, 6) is 1.11. The molecule has 0 amide bonds. The summed E-state index contributed by atoms with van der Waals surface area (Å²) in [6.45, 7) is 8.35. The molecule has 2 N–H and O–H groups in total. The van der Waals surface area contributed by atoms with Crippen molar-refractivity contribution >= 4 is 16.9 Å². The molecule has 6 nitrogen and oxygen atoms in total. The lowest BCUT2D eigenvalue weighted by molar-refractivity contribution is 0.237. The number of aromatic amines is 2. The SMILES string of the molecule is Cc1c(CN2CCc3c(nc(N4CCC[C@@H](C)C4)[nH]c3=O)C2)[nH]c2ccc(F)cc12. The largest absolute Gasteiger partial charge is 0.357 e. The molecular weight excluding hydrogens is 381 g/mol. The van der Waals surface area contributed by atoms with Gasteiger partial charge in [-0.25, -0.2) is 9.37 Å². The minimum atomic E-state index is -0.217. The first-order valence-electron chi connectivity index (χ1n) is 10.8. The quantitative estimate of drug-likeness (QED) is 0.695. The summed E-state index contributed by atoms with van der Waals surface area (Å²) in [6.07, 6.45) is 3.06. The van der Waals surface area contributed by atoms with Crippen LogP contribution in [0.2, 0.25) is 0 Å². The van der Waals surface area contributed by atoms with Crippen LogP contribution in [0, 0.1) is 18.7 Å². The van der Waals surface area contributed by atoms with E-state index in [1.54, 1.807) is 12.1 Å². The number of benzene rings is 1. The molecule has 0 spiro atoms. The Balaban J connectivity index is 1.39. The van der Waals surface area contributed by atoms with Crippen LogP contribution >= 0.6 is 0 Å². The zero-order valence-electron chi connectivity index (χ0n) is 17.6. The van der Waals surface area contributed by atoms with E-state index >= 15 is 0 Å². The number of hydrogen-bond acceptors (Lipinski definition) is 4. The molecular formula is C23H28FN5O. The highest BCUT2D eigenvalue weighted by Gasteiger charge is 2.25. The molecule has 0 radical (unpaired) electrons. The van der Waals surface area contributed by atoms with E-state index in [1.165, 1.54) is 12.5 Å². The Morgan fingerprint density at radius 3 is 2.97 bits per heavy atom. The third kappa shape index (κ3) is 3.51. The van der Waals surface area contributed by atoms with Gasteiger partial charge in [-0.05, 0) is 55.9 Å². The van der Waals surface area contributed by atoms with Gasteiger partial charge in [-0.15, -0.1) is 0 Å². The van der Waals surface area contributed by atoms with Crippen molar-refractivity contribution in [2.45, 2.75) is 46.2 Å². The minimum absolute atomic E-state index is 0.00476. The van der Waals surface area contributed by atoms with Crippen LogP contribution in [0.5, 0.6) is 0 Å². The van der Waals surface area contributed by atoms with Crippen LogP contribution in [0.4, 0.5) is 10.3 Å². The molecule has 0 aliphatic carbocycles. The average Bonchev–Trinajstić information content (AvgIpc) is 3.03. The maximum atomic E-state index is 13.6.